The molecular weight excluding hydrogens is 301 g/mol. The van der Waals surface area contributed by atoms with Gasteiger partial charge in [0.1, 0.15) is 23.7 Å². The molecule has 23 heavy (non-hydrogen) atoms. The molecule has 1 saturated carbocycles. The summed E-state index contributed by atoms with van der Waals surface area (Å²) < 4.78 is 17.8. The summed E-state index contributed by atoms with van der Waals surface area (Å²) in [6.45, 7) is 0.361. The number of benzene rings is 1. The van der Waals surface area contributed by atoms with Crippen LogP contribution in [0, 0.1) is 5.82 Å². The van der Waals surface area contributed by atoms with E-state index in [2.05, 4.69) is 10.5 Å². The van der Waals surface area contributed by atoms with Gasteiger partial charge in [-0.1, -0.05) is 5.16 Å². The van der Waals surface area contributed by atoms with Gasteiger partial charge in [0, 0.05) is 11.6 Å². The Bertz CT molecular complexity index is 767. The predicted octanol–water partition coefficient (Wildman–Crippen LogP) is 1.84. The number of anilines is 1. The maximum absolute atomic E-state index is 12.9. The molecule has 0 radical (unpaired) electrons. The van der Waals surface area contributed by atoms with Crippen LogP contribution in [0.25, 0.3) is 0 Å². The van der Waals surface area contributed by atoms with Crippen molar-refractivity contribution < 1.29 is 18.5 Å². The monoisotopic (exact) mass is 315 g/mol. The van der Waals surface area contributed by atoms with Gasteiger partial charge in [0.2, 0.25) is 0 Å². The van der Waals surface area contributed by atoms with Crippen LogP contribution in [0.1, 0.15) is 34.8 Å². The van der Waals surface area contributed by atoms with Gasteiger partial charge >= 0.3 is 0 Å². The Morgan fingerprint density at radius 1 is 1.30 bits per heavy atom. The minimum Gasteiger partial charge on any atom is -0.364 e. The molecule has 1 unspecified atom stereocenters. The van der Waals surface area contributed by atoms with Crippen molar-refractivity contribution in [3.8, 4) is 0 Å². The summed E-state index contributed by atoms with van der Waals surface area (Å²) in [6.07, 6.45) is 3.34. The molecule has 2 heterocycles. The Hall–Kier alpha value is -2.70. The van der Waals surface area contributed by atoms with E-state index in [1.807, 2.05) is 0 Å². The van der Waals surface area contributed by atoms with Gasteiger partial charge in [-0.3, -0.25) is 9.59 Å². The summed E-state index contributed by atoms with van der Waals surface area (Å²) in [5.41, 5.74) is 1.69. The van der Waals surface area contributed by atoms with Crippen LogP contribution in [0.15, 0.2) is 35.1 Å². The third-order valence-electron chi connectivity index (χ3n) is 4.18. The van der Waals surface area contributed by atoms with Gasteiger partial charge < -0.3 is 14.7 Å². The molecule has 7 heteroatoms. The average Bonchev–Trinajstić information content (AvgIpc) is 3.28. The number of carbonyl (C=O) groups excluding carboxylic acids is 2. The third kappa shape index (κ3) is 2.48. The normalized spacial score (nSPS) is 20.3. The number of nitrogens with one attached hydrogen (secondary N) is 1. The molecule has 0 spiro atoms. The number of aromatic nitrogens is 1. The average molecular weight is 315 g/mol. The summed E-state index contributed by atoms with van der Waals surface area (Å²) in [4.78, 5) is 25.9. The first kappa shape index (κ1) is 13.9. The Balaban J connectivity index is 1.41. The molecule has 2 aromatic rings. The lowest BCUT2D eigenvalue weighted by Crippen LogP contribution is -2.64. The van der Waals surface area contributed by atoms with Crippen LogP contribution in [-0.2, 0) is 4.79 Å². The molecule has 6 nitrogen and oxygen atoms in total. The van der Waals surface area contributed by atoms with Crippen molar-refractivity contribution in [2.75, 3.05) is 11.4 Å². The molecule has 1 N–H and O–H groups in total. The molecule has 118 valence electrons. The zero-order valence-corrected chi connectivity index (χ0v) is 12.2. The fourth-order valence-electron chi connectivity index (χ4n) is 2.69. The minimum absolute atomic E-state index is 0.214. The van der Waals surface area contributed by atoms with Gasteiger partial charge in [0.05, 0.1) is 12.2 Å². The highest BCUT2D eigenvalue weighted by molar-refractivity contribution is 6.07. The molecule has 2 fully saturated rings. The first-order valence-electron chi connectivity index (χ1n) is 7.45. The number of carbonyl (C=O) groups is 2. The van der Waals surface area contributed by atoms with Gasteiger partial charge in [-0.2, -0.15) is 0 Å². The van der Waals surface area contributed by atoms with E-state index >= 15 is 0 Å². The van der Waals surface area contributed by atoms with Crippen molar-refractivity contribution in [3.05, 3.63) is 47.6 Å². The molecule has 1 aliphatic carbocycles. The van der Waals surface area contributed by atoms with Crippen LogP contribution in [0.5, 0.6) is 0 Å². The maximum atomic E-state index is 12.9. The molecule has 1 saturated heterocycles. The zero-order chi connectivity index (χ0) is 16.0. The Labute approximate surface area is 131 Å². The smallest absolute Gasteiger partial charge is 0.257 e. The molecule has 0 bridgehead atoms. The van der Waals surface area contributed by atoms with Crippen molar-refractivity contribution in [1.29, 1.82) is 0 Å². The van der Waals surface area contributed by atoms with Crippen molar-refractivity contribution in [1.82, 2.24) is 10.5 Å². The third-order valence-corrected chi connectivity index (χ3v) is 4.18. The fourth-order valence-corrected chi connectivity index (χ4v) is 2.69. The van der Waals surface area contributed by atoms with Crippen molar-refractivity contribution >= 4 is 17.5 Å². The highest BCUT2D eigenvalue weighted by atomic mass is 19.1. The maximum Gasteiger partial charge on any atom is 0.257 e. The second-order valence-corrected chi connectivity index (χ2v) is 5.84. The van der Waals surface area contributed by atoms with Crippen LogP contribution in [0.4, 0.5) is 10.1 Å². The first-order valence-corrected chi connectivity index (χ1v) is 7.45. The number of hydrogen-bond donors (Lipinski definition) is 1. The van der Waals surface area contributed by atoms with Crippen molar-refractivity contribution in [2.24, 2.45) is 0 Å². The number of amides is 2. The first-order chi connectivity index (χ1) is 11.1. The van der Waals surface area contributed by atoms with Crippen molar-refractivity contribution in [3.63, 3.8) is 0 Å². The zero-order valence-electron chi connectivity index (χ0n) is 12.2. The predicted molar refractivity (Wildman–Crippen MR) is 78.5 cm³/mol. The second-order valence-electron chi connectivity index (χ2n) is 5.84. The Morgan fingerprint density at radius 2 is 2.04 bits per heavy atom. The largest absolute Gasteiger partial charge is 0.364 e. The molecule has 2 aliphatic rings. The van der Waals surface area contributed by atoms with E-state index < -0.39 is 6.04 Å². The van der Waals surface area contributed by atoms with Crippen LogP contribution >= 0.6 is 0 Å². The molecule has 1 aromatic heterocycles. The van der Waals surface area contributed by atoms with E-state index in [0.717, 1.165) is 12.8 Å². The quantitative estimate of drug-likeness (QED) is 0.874. The fraction of sp³-hybridized carbons (Fsp3) is 0.312. The Morgan fingerprint density at radius 3 is 2.70 bits per heavy atom. The number of halogens is 1. The minimum atomic E-state index is -0.575. The summed E-state index contributed by atoms with van der Waals surface area (Å²) >= 11 is 0. The van der Waals surface area contributed by atoms with Gasteiger partial charge in [0.25, 0.3) is 11.8 Å². The molecule has 4 rings (SSSR count). The van der Waals surface area contributed by atoms with Crippen LogP contribution in [-0.4, -0.2) is 29.6 Å². The summed E-state index contributed by atoms with van der Waals surface area (Å²) in [7, 11) is 0. The van der Waals surface area contributed by atoms with Gasteiger partial charge in [-0.25, -0.2) is 4.39 Å². The van der Waals surface area contributed by atoms with E-state index in [-0.39, 0.29) is 17.6 Å². The lowest BCUT2D eigenvalue weighted by atomic mass is 10.0. The van der Waals surface area contributed by atoms with Gasteiger partial charge in [-0.15, -0.1) is 0 Å². The molecule has 2 amide bonds. The van der Waals surface area contributed by atoms with E-state index in [9.17, 15) is 14.0 Å². The number of nitrogens with zero attached hydrogens (tertiary/aromatic N) is 2. The van der Waals surface area contributed by atoms with Gasteiger partial charge in [-0.05, 0) is 37.1 Å². The van der Waals surface area contributed by atoms with E-state index in [1.54, 1.807) is 0 Å². The van der Waals surface area contributed by atoms with Crippen LogP contribution in [0.2, 0.25) is 0 Å². The highest BCUT2D eigenvalue weighted by Crippen LogP contribution is 2.40. The second kappa shape index (κ2) is 5.19. The Kier molecular flexibility index (Phi) is 3.14. The lowest BCUT2D eigenvalue weighted by molar-refractivity contribution is -0.124. The molecule has 1 aromatic carbocycles. The van der Waals surface area contributed by atoms with Crippen molar-refractivity contribution in [2.45, 2.75) is 24.8 Å². The van der Waals surface area contributed by atoms with Gasteiger partial charge in [0.15, 0.2) is 0 Å². The highest BCUT2D eigenvalue weighted by Gasteiger charge is 2.40. The topological polar surface area (TPSA) is 75.4 Å². The van der Waals surface area contributed by atoms with E-state index in [1.165, 1.54) is 35.4 Å². The molecular formula is C16H14FN3O3. The standard InChI is InChI=1S/C16H14FN3O3/c17-10-3-5-11(6-4-10)20-7-13(16(20)22)18-15(21)12-8-23-19-14(12)9-1-2-9/h3-6,8-9,13H,1-2,7H2,(H,18,21). The summed E-state index contributed by atoms with van der Waals surface area (Å²) in [6, 6.07) is 5.10. The van der Waals surface area contributed by atoms with E-state index in [0.29, 0.717) is 29.4 Å². The number of hydrogen-bond acceptors (Lipinski definition) is 4. The van der Waals surface area contributed by atoms with Crippen LogP contribution in [0.3, 0.4) is 0 Å². The molecule has 1 aliphatic heterocycles. The lowest BCUT2D eigenvalue weighted by Gasteiger charge is -2.38. The molecule has 1 atom stereocenters. The number of β-lactam (4-membered cyclic amide) rings is 1. The van der Waals surface area contributed by atoms with E-state index in [4.69, 9.17) is 4.52 Å². The number of rotatable bonds is 4. The summed E-state index contributed by atoms with van der Waals surface area (Å²) in [5, 5.41) is 6.57. The van der Waals surface area contributed by atoms with Crippen LogP contribution < -0.4 is 10.2 Å². The summed E-state index contributed by atoms with van der Waals surface area (Å²) in [5.74, 6) is -0.617. The SMILES string of the molecule is O=C(NC1CN(c2ccc(F)cc2)C1=O)c1conc1C1CC1.